The predicted molar refractivity (Wildman–Crippen MR) is 89.3 cm³/mol. The minimum Gasteiger partial charge on any atom is -0.497 e. The predicted octanol–water partition coefficient (Wildman–Crippen LogP) is 1.98. The number of carbonyl (C=O) groups excluding carboxylic acids is 2. The van der Waals surface area contributed by atoms with E-state index >= 15 is 0 Å². The van der Waals surface area contributed by atoms with Crippen LogP contribution in [0.4, 0.5) is 5.69 Å². The highest BCUT2D eigenvalue weighted by molar-refractivity contribution is 5.99. The number of amides is 2. The van der Waals surface area contributed by atoms with Gasteiger partial charge in [0.15, 0.2) is 0 Å². The lowest BCUT2D eigenvalue weighted by molar-refractivity contribution is -0.125. The highest BCUT2D eigenvalue weighted by Gasteiger charge is 2.47. The van der Waals surface area contributed by atoms with Crippen molar-refractivity contribution in [2.45, 2.75) is 13.0 Å². The van der Waals surface area contributed by atoms with Crippen LogP contribution in [0.3, 0.4) is 0 Å². The van der Waals surface area contributed by atoms with Crippen molar-refractivity contribution in [3.63, 3.8) is 0 Å². The van der Waals surface area contributed by atoms with Gasteiger partial charge in [-0.05, 0) is 48.4 Å². The molecule has 0 bridgehead atoms. The summed E-state index contributed by atoms with van der Waals surface area (Å²) in [4.78, 5) is 28.2. The molecule has 24 heavy (non-hydrogen) atoms. The Morgan fingerprint density at radius 2 is 1.75 bits per heavy atom. The molecule has 1 heterocycles. The van der Waals surface area contributed by atoms with Gasteiger partial charge in [0.25, 0.3) is 0 Å². The van der Waals surface area contributed by atoms with E-state index in [0.717, 1.165) is 11.3 Å². The van der Waals surface area contributed by atoms with Gasteiger partial charge in [-0.1, -0.05) is 0 Å². The summed E-state index contributed by atoms with van der Waals surface area (Å²) in [6, 6.07) is 10.8. The van der Waals surface area contributed by atoms with Crippen LogP contribution in [0.15, 0.2) is 48.8 Å². The molecule has 0 aliphatic heterocycles. The second-order valence-corrected chi connectivity index (χ2v) is 5.74. The van der Waals surface area contributed by atoms with Gasteiger partial charge in [0, 0.05) is 24.6 Å². The minimum absolute atomic E-state index is 0.0818. The molecule has 1 aliphatic rings. The number of rotatable bonds is 6. The van der Waals surface area contributed by atoms with Gasteiger partial charge in [-0.25, -0.2) is 0 Å². The first-order valence-electron chi connectivity index (χ1n) is 7.79. The molecule has 6 heteroatoms. The molecule has 0 spiro atoms. The van der Waals surface area contributed by atoms with Gasteiger partial charge in [-0.15, -0.1) is 0 Å². The summed E-state index contributed by atoms with van der Waals surface area (Å²) in [6.07, 6.45) is 3.96. The van der Waals surface area contributed by atoms with Gasteiger partial charge in [0.2, 0.25) is 11.8 Å². The number of ether oxygens (including phenoxy) is 1. The number of nitrogens with one attached hydrogen (secondary N) is 2. The lowest BCUT2D eigenvalue weighted by Crippen LogP contribution is -2.27. The Morgan fingerprint density at radius 1 is 1.08 bits per heavy atom. The van der Waals surface area contributed by atoms with E-state index < -0.39 is 0 Å². The van der Waals surface area contributed by atoms with Crippen LogP contribution in [0, 0.1) is 11.8 Å². The first-order valence-corrected chi connectivity index (χ1v) is 7.79. The van der Waals surface area contributed by atoms with Gasteiger partial charge in [0.1, 0.15) is 5.75 Å². The maximum Gasteiger partial charge on any atom is 0.228 e. The summed E-state index contributed by atoms with van der Waals surface area (Å²) in [5, 5.41) is 5.69. The first kappa shape index (κ1) is 16.0. The molecule has 0 radical (unpaired) electrons. The van der Waals surface area contributed by atoms with Gasteiger partial charge >= 0.3 is 0 Å². The molecule has 1 fully saturated rings. The first-order chi connectivity index (χ1) is 11.7. The number of carbonyl (C=O) groups is 2. The smallest absolute Gasteiger partial charge is 0.228 e. The third-order valence-corrected chi connectivity index (χ3v) is 4.04. The average Bonchev–Trinajstić information content (AvgIpc) is 3.42. The lowest BCUT2D eigenvalue weighted by Gasteiger charge is -2.07. The summed E-state index contributed by atoms with van der Waals surface area (Å²) < 4.78 is 5.08. The van der Waals surface area contributed by atoms with Crippen molar-refractivity contribution in [2.24, 2.45) is 11.8 Å². The number of benzene rings is 1. The highest BCUT2D eigenvalue weighted by atomic mass is 16.5. The van der Waals surface area contributed by atoms with Gasteiger partial charge in [-0.3, -0.25) is 14.6 Å². The van der Waals surface area contributed by atoms with Crippen LogP contribution in [0.5, 0.6) is 5.75 Å². The van der Waals surface area contributed by atoms with Crippen LogP contribution < -0.4 is 15.4 Å². The van der Waals surface area contributed by atoms with E-state index in [-0.39, 0.29) is 23.7 Å². The van der Waals surface area contributed by atoms with Crippen LogP contribution in [-0.2, 0) is 16.1 Å². The molecule has 2 atom stereocenters. The van der Waals surface area contributed by atoms with Crippen molar-refractivity contribution in [1.29, 1.82) is 0 Å². The van der Waals surface area contributed by atoms with E-state index in [9.17, 15) is 9.59 Å². The van der Waals surface area contributed by atoms with Crippen molar-refractivity contribution < 1.29 is 14.3 Å². The Morgan fingerprint density at radius 3 is 2.42 bits per heavy atom. The standard InChI is InChI=1S/C18H19N3O3/c1-24-14-4-2-13(3-5-14)21-18(23)16-10-15(16)17(22)20-11-12-6-8-19-9-7-12/h2-9,15-16H,10-11H2,1H3,(H,20,22)(H,21,23). The number of methoxy groups -OCH3 is 1. The quantitative estimate of drug-likeness (QED) is 0.851. The number of anilines is 1. The second-order valence-electron chi connectivity index (χ2n) is 5.74. The van der Waals surface area contributed by atoms with E-state index in [4.69, 9.17) is 4.74 Å². The normalized spacial score (nSPS) is 18.5. The molecule has 1 aromatic heterocycles. The third-order valence-electron chi connectivity index (χ3n) is 4.04. The number of hydrogen-bond acceptors (Lipinski definition) is 4. The minimum atomic E-state index is -0.260. The van der Waals surface area contributed by atoms with Crippen molar-refractivity contribution >= 4 is 17.5 Å². The van der Waals surface area contributed by atoms with Crippen LogP contribution in [-0.4, -0.2) is 23.9 Å². The number of nitrogens with zero attached hydrogens (tertiary/aromatic N) is 1. The molecule has 2 aromatic rings. The van der Waals surface area contributed by atoms with Crippen molar-refractivity contribution in [3.8, 4) is 5.75 Å². The second kappa shape index (κ2) is 7.12. The molecule has 6 nitrogen and oxygen atoms in total. The van der Waals surface area contributed by atoms with Crippen molar-refractivity contribution in [1.82, 2.24) is 10.3 Å². The van der Waals surface area contributed by atoms with E-state index in [2.05, 4.69) is 15.6 Å². The van der Waals surface area contributed by atoms with Crippen LogP contribution in [0.25, 0.3) is 0 Å². The summed E-state index contributed by atoms with van der Waals surface area (Å²) in [6.45, 7) is 0.449. The van der Waals surface area contributed by atoms with Crippen molar-refractivity contribution in [2.75, 3.05) is 12.4 Å². The van der Waals surface area contributed by atoms with Gasteiger partial charge < -0.3 is 15.4 Å². The highest BCUT2D eigenvalue weighted by Crippen LogP contribution is 2.39. The molecule has 1 saturated carbocycles. The molecule has 2 amide bonds. The van der Waals surface area contributed by atoms with Crippen LogP contribution >= 0.6 is 0 Å². The molecular weight excluding hydrogens is 306 g/mol. The van der Waals surface area contributed by atoms with E-state index in [0.29, 0.717) is 18.7 Å². The SMILES string of the molecule is COc1ccc(NC(=O)C2CC2C(=O)NCc2ccncc2)cc1. The molecular formula is C18H19N3O3. The summed E-state index contributed by atoms with van der Waals surface area (Å²) in [5.74, 6) is 0.0216. The number of aromatic nitrogens is 1. The third kappa shape index (κ3) is 3.90. The molecule has 1 aromatic carbocycles. The average molecular weight is 325 g/mol. The molecule has 2 unspecified atom stereocenters. The fourth-order valence-corrected chi connectivity index (χ4v) is 2.50. The zero-order valence-corrected chi connectivity index (χ0v) is 13.4. The fourth-order valence-electron chi connectivity index (χ4n) is 2.50. The van der Waals surface area contributed by atoms with E-state index in [1.54, 1.807) is 43.8 Å². The molecule has 2 N–H and O–H groups in total. The van der Waals surface area contributed by atoms with E-state index in [1.807, 2.05) is 12.1 Å². The molecule has 3 rings (SSSR count). The Kier molecular flexibility index (Phi) is 4.74. The Hall–Kier alpha value is -2.89. The molecule has 1 aliphatic carbocycles. The van der Waals surface area contributed by atoms with Crippen LogP contribution in [0.2, 0.25) is 0 Å². The Balaban J connectivity index is 1.47. The molecule has 0 saturated heterocycles. The maximum absolute atomic E-state index is 12.2. The molecule has 124 valence electrons. The number of hydrogen-bond donors (Lipinski definition) is 2. The zero-order chi connectivity index (χ0) is 16.9. The largest absolute Gasteiger partial charge is 0.497 e. The summed E-state index contributed by atoms with van der Waals surface area (Å²) >= 11 is 0. The zero-order valence-electron chi connectivity index (χ0n) is 13.4. The Labute approximate surface area is 140 Å². The maximum atomic E-state index is 12.2. The monoisotopic (exact) mass is 325 g/mol. The topological polar surface area (TPSA) is 80.3 Å². The Bertz CT molecular complexity index is 716. The summed E-state index contributed by atoms with van der Waals surface area (Å²) in [7, 11) is 1.59. The van der Waals surface area contributed by atoms with Crippen molar-refractivity contribution in [3.05, 3.63) is 54.4 Å². The van der Waals surface area contributed by atoms with E-state index in [1.165, 1.54) is 0 Å². The fraction of sp³-hybridized carbons (Fsp3) is 0.278. The van der Waals surface area contributed by atoms with Gasteiger partial charge in [-0.2, -0.15) is 0 Å². The lowest BCUT2D eigenvalue weighted by atomic mass is 10.2. The van der Waals surface area contributed by atoms with Gasteiger partial charge in [0.05, 0.1) is 18.9 Å². The number of pyridine rings is 1. The summed E-state index contributed by atoms with van der Waals surface area (Å²) in [5.41, 5.74) is 1.68. The van der Waals surface area contributed by atoms with Crippen LogP contribution in [0.1, 0.15) is 12.0 Å².